The molecule has 2 aromatic carbocycles. The zero-order valence-corrected chi connectivity index (χ0v) is 12.0. The molecule has 0 saturated heterocycles. The Morgan fingerprint density at radius 2 is 1.90 bits per heavy atom. The molecule has 0 aliphatic rings. The molecule has 0 spiro atoms. The molecule has 104 valence electrons. The topological polar surface area (TPSA) is 69.1 Å². The third kappa shape index (κ3) is 2.00. The van der Waals surface area contributed by atoms with Crippen LogP contribution in [0, 0.1) is 0 Å². The second-order valence-corrected chi connectivity index (χ2v) is 5.82. The average molecular weight is 295 g/mol. The van der Waals surface area contributed by atoms with Gasteiger partial charge in [-0.15, -0.1) is 10.2 Å². The Morgan fingerprint density at radius 3 is 2.81 bits per heavy atom. The van der Waals surface area contributed by atoms with E-state index in [-0.39, 0.29) is 0 Å². The molecule has 0 bridgehead atoms. The maximum absolute atomic E-state index is 5.60. The van der Waals surface area contributed by atoms with Crippen molar-refractivity contribution in [1.29, 1.82) is 0 Å². The summed E-state index contributed by atoms with van der Waals surface area (Å²) in [6, 6.07) is 14.4. The van der Waals surface area contributed by atoms with Crippen molar-refractivity contribution in [2.24, 2.45) is 5.73 Å². The van der Waals surface area contributed by atoms with Gasteiger partial charge < -0.3 is 5.73 Å². The molecule has 4 rings (SSSR count). The first-order chi connectivity index (χ1) is 10.4. The minimum atomic E-state index is 0.591. The van der Waals surface area contributed by atoms with E-state index >= 15 is 0 Å². The molecule has 4 aromatic rings. The summed E-state index contributed by atoms with van der Waals surface area (Å²) in [7, 11) is 0. The first-order valence-electron chi connectivity index (χ1n) is 6.76. The number of fused-ring (bicyclic) bond motifs is 2. The molecule has 0 amide bonds. The first-order valence-corrected chi connectivity index (χ1v) is 7.58. The van der Waals surface area contributed by atoms with Crippen molar-refractivity contribution < 1.29 is 0 Å². The minimum absolute atomic E-state index is 0.591. The molecular formula is C15H13N5S. The number of hydrogen-bond acceptors (Lipinski definition) is 5. The van der Waals surface area contributed by atoms with E-state index in [1.807, 2.05) is 22.7 Å². The van der Waals surface area contributed by atoms with Crippen molar-refractivity contribution in [3.8, 4) is 11.4 Å². The smallest absolute Gasteiger partial charge is 0.234 e. The van der Waals surface area contributed by atoms with Crippen LogP contribution in [0.5, 0.6) is 0 Å². The van der Waals surface area contributed by atoms with Gasteiger partial charge >= 0.3 is 0 Å². The molecule has 5 nitrogen and oxygen atoms in total. The summed E-state index contributed by atoms with van der Waals surface area (Å²) in [5, 5.41) is 16.4. The van der Waals surface area contributed by atoms with Gasteiger partial charge in [-0.1, -0.05) is 53.8 Å². The van der Waals surface area contributed by atoms with Crippen molar-refractivity contribution in [2.45, 2.75) is 6.42 Å². The van der Waals surface area contributed by atoms with Crippen LogP contribution in [0.15, 0.2) is 42.5 Å². The summed E-state index contributed by atoms with van der Waals surface area (Å²) < 4.78 is 1.82. The zero-order valence-electron chi connectivity index (χ0n) is 11.2. The van der Waals surface area contributed by atoms with E-state index in [0.717, 1.165) is 33.2 Å². The molecule has 6 heteroatoms. The average Bonchev–Trinajstić information content (AvgIpc) is 3.07. The van der Waals surface area contributed by atoms with Crippen LogP contribution in [-0.4, -0.2) is 26.4 Å². The van der Waals surface area contributed by atoms with Crippen LogP contribution in [0.1, 0.15) is 5.01 Å². The highest BCUT2D eigenvalue weighted by atomic mass is 32.1. The Kier molecular flexibility index (Phi) is 2.90. The van der Waals surface area contributed by atoms with Crippen molar-refractivity contribution >= 4 is 27.1 Å². The molecule has 2 heterocycles. The van der Waals surface area contributed by atoms with Crippen LogP contribution in [0.3, 0.4) is 0 Å². The lowest BCUT2D eigenvalue weighted by Crippen LogP contribution is -2.03. The van der Waals surface area contributed by atoms with Crippen LogP contribution < -0.4 is 5.73 Å². The molecule has 0 unspecified atom stereocenters. The molecule has 0 saturated carbocycles. The molecule has 2 aromatic heterocycles. The largest absolute Gasteiger partial charge is 0.330 e. The third-order valence-electron chi connectivity index (χ3n) is 3.42. The molecule has 21 heavy (non-hydrogen) atoms. The zero-order chi connectivity index (χ0) is 14.2. The van der Waals surface area contributed by atoms with E-state index in [9.17, 15) is 0 Å². The molecule has 2 N–H and O–H groups in total. The lowest BCUT2D eigenvalue weighted by atomic mass is 10.0. The summed E-state index contributed by atoms with van der Waals surface area (Å²) in [5.41, 5.74) is 6.64. The van der Waals surface area contributed by atoms with Gasteiger partial charge in [0, 0.05) is 12.0 Å². The highest BCUT2D eigenvalue weighted by Gasteiger charge is 2.14. The van der Waals surface area contributed by atoms with Gasteiger partial charge in [0.2, 0.25) is 4.96 Å². The Hall–Kier alpha value is -2.31. The van der Waals surface area contributed by atoms with Gasteiger partial charge in [-0.05, 0) is 17.3 Å². The summed E-state index contributed by atoms with van der Waals surface area (Å²) in [6.45, 7) is 0.591. The Bertz CT molecular complexity index is 919. The molecular weight excluding hydrogens is 282 g/mol. The van der Waals surface area contributed by atoms with E-state index in [0.29, 0.717) is 6.54 Å². The van der Waals surface area contributed by atoms with Gasteiger partial charge in [-0.2, -0.15) is 9.61 Å². The predicted molar refractivity (Wildman–Crippen MR) is 84.4 cm³/mol. The van der Waals surface area contributed by atoms with Crippen LogP contribution >= 0.6 is 11.3 Å². The quantitative estimate of drug-likeness (QED) is 0.630. The van der Waals surface area contributed by atoms with E-state index < -0.39 is 0 Å². The molecule has 0 fully saturated rings. The van der Waals surface area contributed by atoms with Gasteiger partial charge in [0.15, 0.2) is 5.82 Å². The maximum Gasteiger partial charge on any atom is 0.234 e. The third-order valence-corrected chi connectivity index (χ3v) is 4.38. The number of nitrogens with two attached hydrogens (primary N) is 1. The van der Waals surface area contributed by atoms with Crippen molar-refractivity contribution in [2.75, 3.05) is 6.54 Å². The molecule has 0 aliphatic heterocycles. The van der Waals surface area contributed by atoms with Crippen molar-refractivity contribution in [1.82, 2.24) is 19.8 Å². The summed E-state index contributed by atoms with van der Waals surface area (Å²) in [6.07, 6.45) is 0.767. The van der Waals surface area contributed by atoms with Crippen LogP contribution in [0.25, 0.3) is 27.1 Å². The fourth-order valence-electron chi connectivity index (χ4n) is 2.47. The lowest BCUT2D eigenvalue weighted by molar-refractivity contribution is 0.871. The summed E-state index contributed by atoms with van der Waals surface area (Å²) >= 11 is 1.54. The summed E-state index contributed by atoms with van der Waals surface area (Å²) in [4.78, 5) is 0.807. The molecule has 0 aliphatic carbocycles. The normalized spacial score (nSPS) is 11.5. The van der Waals surface area contributed by atoms with E-state index in [1.54, 1.807) is 11.3 Å². The number of aromatic nitrogens is 4. The van der Waals surface area contributed by atoms with E-state index in [1.165, 1.54) is 5.39 Å². The highest BCUT2D eigenvalue weighted by molar-refractivity contribution is 7.16. The van der Waals surface area contributed by atoms with Gasteiger partial charge in [0.05, 0.1) is 0 Å². The second-order valence-electron chi connectivity index (χ2n) is 4.78. The van der Waals surface area contributed by atoms with E-state index in [2.05, 4.69) is 39.6 Å². The second kappa shape index (κ2) is 4.91. The van der Waals surface area contributed by atoms with Gasteiger partial charge in [0.1, 0.15) is 5.01 Å². The van der Waals surface area contributed by atoms with Crippen LogP contribution in [-0.2, 0) is 6.42 Å². The highest BCUT2D eigenvalue weighted by Crippen LogP contribution is 2.28. The van der Waals surface area contributed by atoms with Crippen LogP contribution in [0.2, 0.25) is 0 Å². The monoisotopic (exact) mass is 295 g/mol. The maximum atomic E-state index is 5.60. The fourth-order valence-corrected chi connectivity index (χ4v) is 3.32. The van der Waals surface area contributed by atoms with E-state index in [4.69, 9.17) is 5.73 Å². The van der Waals surface area contributed by atoms with Crippen LogP contribution in [0.4, 0.5) is 0 Å². The fraction of sp³-hybridized carbons (Fsp3) is 0.133. The molecule has 0 radical (unpaired) electrons. The van der Waals surface area contributed by atoms with Crippen molar-refractivity contribution in [3.63, 3.8) is 0 Å². The Balaban J connectivity index is 1.95. The predicted octanol–water partition coefficient (Wildman–Crippen LogP) is 2.51. The van der Waals surface area contributed by atoms with Gasteiger partial charge in [-0.25, -0.2) is 0 Å². The van der Waals surface area contributed by atoms with Gasteiger partial charge in [0.25, 0.3) is 0 Å². The standard InChI is InChI=1S/C15H13N5S/c16-9-8-13-19-20-14(17-18-15(20)21-13)12-7-3-5-10-4-1-2-6-11(10)12/h1-7H,8-9,16H2. The minimum Gasteiger partial charge on any atom is -0.330 e. The Morgan fingerprint density at radius 1 is 1.05 bits per heavy atom. The SMILES string of the molecule is NCCc1nn2c(-c3cccc4ccccc34)nnc2s1. The Labute approximate surface area is 125 Å². The first kappa shape index (κ1) is 12.4. The number of benzene rings is 2. The van der Waals surface area contributed by atoms with Crippen molar-refractivity contribution in [3.05, 3.63) is 47.5 Å². The number of hydrogen-bond donors (Lipinski definition) is 1. The number of rotatable bonds is 3. The summed E-state index contributed by atoms with van der Waals surface area (Å²) in [5.74, 6) is 0.779. The van der Waals surface area contributed by atoms with Gasteiger partial charge in [-0.3, -0.25) is 0 Å². The molecule has 0 atom stereocenters. The lowest BCUT2D eigenvalue weighted by Gasteiger charge is -2.03. The number of nitrogens with zero attached hydrogens (tertiary/aromatic N) is 4.